The minimum atomic E-state index is -3.64. The predicted molar refractivity (Wildman–Crippen MR) is 130 cm³/mol. The maximum atomic E-state index is 13.5. The van der Waals surface area contributed by atoms with Gasteiger partial charge in [-0.15, -0.1) is 0 Å². The van der Waals surface area contributed by atoms with Gasteiger partial charge in [-0.1, -0.05) is 38.1 Å². The van der Waals surface area contributed by atoms with Crippen LogP contribution in [-0.2, 0) is 26.0 Å². The number of nitrogens with one attached hydrogen (secondary N) is 1. The van der Waals surface area contributed by atoms with Crippen molar-refractivity contribution in [3.63, 3.8) is 0 Å². The zero-order chi connectivity index (χ0) is 23.4. The normalized spacial score (nSPS) is 18.8. The molecule has 8 heteroatoms. The summed E-state index contributed by atoms with van der Waals surface area (Å²) in [5.41, 5.74) is 3.66. The Labute approximate surface area is 196 Å². The number of morpholine rings is 1. The van der Waals surface area contributed by atoms with Crippen LogP contribution in [0.3, 0.4) is 0 Å². The molecule has 178 valence electrons. The number of fused-ring (bicyclic) bond motifs is 1. The molecule has 1 fully saturated rings. The second-order valence-corrected chi connectivity index (χ2v) is 10.4. The Balaban J connectivity index is 1.69. The summed E-state index contributed by atoms with van der Waals surface area (Å²) in [5.74, 6) is -0.329. The molecule has 33 heavy (non-hydrogen) atoms. The van der Waals surface area contributed by atoms with Gasteiger partial charge in [-0.25, -0.2) is 8.42 Å². The second kappa shape index (κ2) is 10.2. The summed E-state index contributed by atoms with van der Waals surface area (Å²) in [6, 6.07) is 13.2. The van der Waals surface area contributed by atoms with Gasteiger partial charge in [0, 0.05) is 26.2 Å². The third-order valence-electron chi connectivity index (χ3n) is 6.61. The number of amides is 1. The molecule has 7 nitrogen and oxygen atoms in total. The molecular formula is C25H33N3O4S. The Kier molecular flexibility index (Phi) is 7.36. The number of carbonyl (C=O) groups is 1. The highest BCUT2D eigenvalue weighted by Gasteiger charge is 2.29. The van der Waals surface area contributed by atoms with E-state index in [0.29, 0.717) is 45.1 Å². The third-order valence-corrected chi connectivity index (χ3v) is 8.65. The van der Waals surface area contributed by atoms with E-state index < -0.39 is 10.0 Å². The Bertz CT molecular complexity index is 1090. The molecule has 1 aliphatic heterocycles. The van der Waals surface area contributed by atoms with Crippen molar-refractivity contribution in [2.45, 2.75) is 43.9 Å². The molecule has 1 unspecified atom stereocenters. The number of sulfonamides is 1. The van der Waals surface area contributed by atoms with Crippen molar-refractivity contribution in [1.82, 2.24) is 4.31 Å². The van der Waals surface area contributed by atoms with Gasteiger partial charge < -0.3 is 15.0 Å². The quantitative estimate of drug-likeness (QED) is 0.667. The average molecular weight is 472 g/mol. The minimum absolute atomic E-state index is 0.0888. The summed E-state index contributed by atoms with van der Waals surface area (Å²) < 4.78 is 33.2. The van der Waals surface area contributed by atoms with Gasteiger partial charge in [-0.05, 0) is 48.6 Å². The average Bonchev–Trinajstić information content (AvgIpc) is 2.84. The molecule has 1 amide bonds. The molecule has 1 N–H and O–H groups in total. The highest BCUT2D eigenvalue weighted by Crippen LogP contribution is 2.35. The lowest BCUT2D eigenvalue weighted by Gasteiger charge is -2.32. The van der Waals surface area contributed by atoms with Gasteiger partial charge in [-0.2, -0.15) is 4.31 Å². The zero-order valence-electron chi connectivity index (χ0n) is 19.4. The first-order valence-electron chi connectivity index (χ1n) is 11.8. The van der Waals surface area contributed by atoms with Crippen LogP contribution in [0, 0.1) is 0 Å². The van der Waals surface area contributed by atoms with E-state index in [9.17, 15) is 13.2 Å². The number of hydrogen-bond acceptors (Lipinski definition) is 5. The van der Waals surface area contributed by atoms with Crippen LogP contribution in [0.25, 0.3) is 0 Å². The van der Waals surface area contributed by atoms with Crippen LogP contribution < -0.4 is 10.2 Å². The number of rotatable bonds is 7. The van der Waals surface area contributed by atoms with Gasteiger partial charge >= 0.3 is 0 Å². The maximum absolute atomic E-state index is 13.5. The molecule has 0 radical (unpaired) electrons. The summed E-state index contributed by atoms with van der Waals surface area (Å²) in [6.07, 6.45) is 2.73. The lowest BCUT2D eigenvalue weighted by molar-refractivity contribution is -0.117. The third kappa shape index (κ3) is 4.93. The van der Waals surface area contributed by atoms with Crippen molar-refractivity contribution in [2.75, 3.05) is 49.6 Å². The first-order chi connectivity index (χ1) is 16.0. The fraction of sp³-hybridized carbons (Fsp3) is 0.480. The summed E-state index contributed by atoms with van der Waals surface area (Å²) in [7, 11) is -3.64. The lowest BCUT2D eigenvalue weighted by Crippen LogP contribution is -2.37. The van der Waals surface area contributed by atoms with E-state index in [1.54, 1.807) is 12.1 Å². The minimum Gasteiger partial charge on any atom is -0.378 e. The van der Waals surface area contributed by atoms with E-state index in [4.69, 9.17) is 4.74 Å². The Morgan fingerprint density at radius 3 is 2.58 bits per heavy atom. The highest BCUT2D eigenvalue weighted by molar-refractivity contribution is 7.89. The van der Waals surface area contributed by atoms with Gasteiger partial charge in [-0.3, -0.25) is 4.79 Å². The predicted octanol–water partition coefficient (Wildman–Crippen LogP) is 3.61. The molecule has 2 aromatic carbocycles. The summed E-state index contributed by atoms with van der Waals surface area (Å²) >= 11 is 0. The van der Waals surface area contributed by atoms with Crippen LogP contribution in [0.15, 0.2) is 47.4 Å². The summed E-state index contributed by atoms with van der Waals surface area (Å²) in [5, 5.41) is 3.10. The van der Waals surface area contributed by atoms with Crippen molar-refractivity contribution in [3.8, 4) is 0 Å². The van der Waals surface area contributed by atoms with Gasteiger partial charge in [0.15, 0.2) is 0 Å². The Morgan fingerprint density at radius 2 is 1.85 bits per heavy atom. The fourth-order valence-corrected chi connectivity index (χ4v) is 6.30. The smallest absolute Gasteiger partial charge is 0.243 e. The molecule has 0 aromatic heterocycles. The summed E-state index contributed by atoms with van der Waals surface area (Å²) in [6.45, 7) is 7.02. The van der Waals surface area contributed by atoms with Gasteiger partial charge in [0.2, 0.25) is 15.9 Å². The molecule has 4 rings (SSSR count). The molecule has 1 atom stereocenters. The zero-order valence-corrected chi connectivity index (χ0v) is 20.2. The molecule has 0 saturated carbocycles. The number of anilines is 2. The number of nitrogens with zero attached hydrogens (tertiary/aromatic N) is 2. The van der Waals surface area contributed by atoms with Crippen molar-refractivity contribution < 1.29 is 17.9 Å². The monoisotopic (exact) mass is 471 g/mol. The fourth-order valence-electron chi connectivity index (χ4n) is 4.81. The van der Waals surface area contributed by atoms with Crippen molar-refractivity contribution in [2.24, 2.45) is 0 Å². The molecule has 1 saturated heterocycles. The van der Waals surface area contributed by atoms with Gasteiger partial charge in [0.05, 0.1) is 35.4 Å². The molecule has 0 spiro atoms. The maximum Gasteiger partial charge on any atom is 0.243 e. The molecule has 2 aromatic rings. The van der Waals surface area contributed by atoms with E-state index in [2.05, 4.69) is 16.3 Å². The van der Waals surface area contributed by atoms with Crippen molar-refractivity contribution >= 4 is 27.3 Å². The van der Waals surface area contributed by atoms with E-state index in [1.165, 1.54) is 9.87 Å². The Morgan fingerprint density at radius 1 is 1.12 bits per heavy atom. The van der Waals surface area contributed by atoms with Crippen LogP contribution in [0.2, 0.25) is 0 Å². The van der Waals surface area contributed by atoms with Gasteiger partial charge in [0.1, 0.15) is 0 Å². The first kappa shape index (κ1) is 23.7. The van der Waals surface area contributed by atoms with Crippen LogP contribution in [-0.4, -0.2) is 58.0 Å². The Hall–Kier alpha value is -2.42. The van der Waals surface area contributed by atoms with Crippen LogP contribution >= 0.6 is 0 Å². The van der Waals surface area contributed by atoms with E-state index in [1.807, 2.05) is 38.1 Å². The molecule has 0 bridgehead atoms. The highest BCUT2D eigenvalue weighted by atomic mass is 32.2. The largest absolute Gasteiger partial charge is 0.378 e. The van der Waals surface area contributed by atoms with E-state index in [-0.39, 0.29) is 16.7 Å². The SMILES string of the molecule is CCN(CC)S(=O)(=O)c1ccc(N2CCOCC2)c(NC(=O)C2CCCc3ccccc32)c1. The number of benzene rings is 2. The number of ether oxygens (including phenoxy) is 1. The topological polar surface area (TPSA) is 79.0 Å². The molecular weight excluding hydrogens is 438 g/mol. The standard InChI is InChI=1S/C25H33N3O4S/c1-3-28(4-2)33(30,31)20-12-13-24(27-14-16-32-17-15-27)23(18-20)26-25(29)22-11-7-9-19-8-5-6-10-21(19)22/h5-6,8,10,12-13,18,22H,3-4,7,9,11,14-17H2,1-2H3,(H,26,29). The first-order valence-corrected chi connectivity index (χ1v) is 13.2. The number of hydrogen-bond donors (Lipinski definition) is 1. The van der Waals surface area contributed by atoms with Crippen molar-refractivity contribution in [3.05, 3.63) is 53.6 Å². The molecule has 1 heterocycles. The molecule has 2 aliphatic rings. The molecule has 1 aliphatic carbocycles. The van der Waals surface area contributed by atoms with Crippen LogP contribution in [0.5, 0.6) is 0 Å². The number of carbonyl (C=O) groups excluding carboxylic acids is 1. The van der Waals surface area contributed by atoms with Crippen molar-refractivity contribution in [1.29, 1.82) is 0 Å². The van der Waals surface area contributed by atoms with Crippen LogP contribution in [0.4, 0.5) is 11.4 Å². The van der Waals surface area contributed by atoms with Gasteiger partial charge in [0.25, 0.3) is 0 Å². The second-order valence-electron chi connectivity index (χ2n) is 8.50. The lowest BCUT2D eigenvalue weighted by atomic mass is 9.82. The van der Waals surface area contributed by atoms with E-state index in [0.717, 1.165) is 30.5 Å². The summed E-state index contributed by atoms with van der Waals surface area (Å²) in [4.78, 5) is 15.8. The number of aryl methyl sites for hydroxylation is 1. The van der Waals surface area contributed by atoms with Crippen LogP contribution in [0.1, 0.15) is 43.7 Å². The van der Waals surface area contributed by atoms with E-state index >= 15 is 0 Å².